The molecular weight excluding hydrogens is 308 g/mol. The van der Waals surface area contributed by atoms with Crippen LogP contribution >= 0.6 is 11.6 Å². The molecule has 2 aromatic rings. The Kier molecular flexibility index (Phi) is 4.74. The zero-order valence-corrected chi connectivity index (χ0v) is 13.8. The molecule has 2 aromatic carbocycles. The molecule has 1 fully saturated rings. The Labute approximate surface area is 142 Å². The second-order valence-electron chi connectivity index (χ2n) is 6.04. The van der Waals surface area contributed by atoms with Gasteiger partial charge < -0.3 is 9.83 Å². The van der Waals surface area contributed by atoms with Crippen LogP contribution in [0.1, 0.15) is 18.4 Å². The van der Waals surface area contributed by atoms with Gasteiger partial charge in [0.15, 0.2) is 0 Å². The number of carbonyl (C=O) groups excluding carboxylic acids is 1. The van der Waals surface area contributed by atoms with Crippen LogP contribution in [0.2, 0.25) is 11.8 Å². The van der Waals surface area contributed by atoms with Gasteiger partial charge in [-0.15, -0.1) is 0 Å². The summed E-state index contributed by atoms with van der Waals surface area (Å²) in [5, 5.41) is 10.5. The molecule has 0 spiro atoms. The van der Waals surface area contributed by atoms with Gasteiger partial charge in [0.1, 0.15) is 0 Å². The van der Waals surface area contributed by atoms with Crippen LogP contribution in [-0.2, 0) is 11.2 Å². The summed E-state index contributed by atoms with van der Waals surface area (Å²) in [6, 6.07) is 16.2. The summed E-state index contributed by atoms with van der Waals surface area (Å²) >= 11 is 6.04. The second-order valence-corrected chi connectivity index (χ2v) is 6.47. The first-order valence-electron chi connectivity index (χ1n) is 7.88. The van der Waals surface area contributed by atoms with Crippen LogP contribution in [0, 0.1) is 0 Å². The minimum absolute atomic E-state index is 0.0422. The maximum atomic E-state index is 11.8. The van der Waals surface area contributed by atoms with E-state index in [2.05, 4.69) is 24.3 Å². The van der Waals surface area contributed by atoms with Crippen molar-refractivity contribution in [2.75, 3.05) is 0 Å². The number of nitrogens with zero attached hydrogens (tertiary/aromatic N) is 1. The Bertz CT molecular complexity index is 702. The monoisotopic (exact) mass is 327 g/mol. The second kappa shape index (κ2) is 6.77. The van der Waals surface area contributed by atoms with Gasteiger partial charge in [-0.25, -0.2) is 0 Å². The van der Waals surface area contributed by atoms with E-state index in [-0.39, 0.29) is 11.9 Å². The molecule has 5 heteroatoms. The standard InChI is InChI=1S/C18H19BClNO2/c1-19(23)21-17(9-10-18(21)22)11-13-5-7-14(8-6-13)15-3-2-4-16(20)12-15/h2-8,12,17,23H,9-11H2,1H3/t17-/m0/s1. The molecule has 1 saturated heterocycles. The predicted molar refractivity (Wildman–Crippen MR) is 94.3 cm³/mol. The third-order valence-corrected chi connectivity index (χ3v) is 4.59. The Morgan fingerprint density at radius 2 is 1.96 bits per heavy atom. The summed E-state index contributed by atoms with van der Waals surface area (Å²) in [5.41, 5.74) is 3.37. The summed E-state index contributed by atoms with van der Waals surface area (Å²) in [6.07, 6.45) is 2.10. The molecule has 1 aliphatic heterocycles. The number of halogens is 1. The predicted octanol–water partition coefficient (Wildman–Crippen LogP) is 3.65. The van der Waals surface area contributed by atoms with Crippen LogP contribution in [0.15, 0.2) is 48.5 Å². The summed E-state index contributed by atoms with van der Waals surface area (Å²) < 4.78 is 0. The van der Waals surface area contributed by atoms with Gasteiger partial charge in [-0.2, -0.15) is 0 Å². The molecule has 0 bridgehead atoms. The first-order valence-corrected chi connectivity index (χ1v) is 8.26. The third kappa shape index (κ3) is 3.60. The highest BCUT2D eigenvalue weighted by atomic mass is 35.5. The van der Waals surface area contributed by atoms with Crippen molar-refractivity contribution in [1.82, 2.24) is 4.81 Å². The van der Waals surface area contributed by atoms with E-state index in [4.69, 9.17) is 11.6 Å². The number of rotatable bonds is 4. The minimum Gasteiger partial charge on any atom is -0.432 e. The van der Waals surface area contributed by atoms with E-state index in [1.807, 2.05) is 24.3 Å². The van der Waals surface area contributed by atoms with Gasteiger partial charge >= 0.3 is 7.05 Å². The van der Waals surface area contributed by atoms with Gasteiger partial charge in [0, 0.05) is 17.5 Å². The SMILES string of the molecule is CB(O)N1C(=O)CC[C@H]1Cc1ccc(-c2cccc(Cl)c2)cc1. The largest absolute Gasteiger partial charge is 0.432 e. The van der Waals surface area contributed by atoms with E-state index in [0.29, 0.717) is 6.42 Å². The summed E-state index contributed by atoms with van der Waals surface area (Å²) in [4.78, 5) is 13.4. The van der Waals surface area contributed by atoms with Crippen LogP contribution < -0.4 is 0 Å². The molecule has 0 saturated carbocycles. The quantitative estimate of drug-likeness (QED) is 0.871. The van der Waals surface area contributed by atoms with E-state index < -0.39 is 7.05 Å². The van der Waals surface area contributed by atoms with E-state index in [1.165, 1.54) is 5.56 Å². The van der Waals surface area contributed by atoms with E-state index >= 15 is 0 Å². The number of hydrogen-bond acceptors (Lipinski definition) is 2. The molecule has 1 N–H and O–H groups in total. The number of amides is 1. The summed E-state index contributed by atoms with van der Waals surface area (Å²) in [5.74, 6) is 0.0422. The molecular formula is C18H19BClNO2. The van der Waals surface area contributed by atoms with Crippen LogP contribution in [0.4, 0.5) is 0 Å². The Hall–Kier alpha value is -1.78. The fraction of sp³-hybridized carbons (Fsp3) is 0.278. The molecule has 3 nitrogen and oxygen atoms in total. The van der Waals surface area contributed by atoms with Crippen molar-refractivity contribution >= 4 is 24.6 Å². The average Bonchev–Trinajstić information content (AvgIpc) is 2.89. The third-order valence-electron chi connectivity index (χ3n) is 4.36. The van der Waals surface area contributed by atoms with Gasteiger partial charge in [0.25, 0.3) is 0 Å². The van der Waals surface area contributed by atoms with Crippen LogP contribution in [0.25, 0.3) is 11.1 Å². The lowest BCUT2D eigenvalue weighted by molar-refractivity contribution is -0.125. The first-order chi connectivity index (χ1) is 11.0. The Morgan fingerprint density at radius 3 is 2.61 bits per heavy atom. The number of carbonyl (C=O) groups is 1. The summed E-state index contributed by atoms with van der Waals surface area (Å²) in [7, 11) is -0.722. The number of hydrogen-bond donors (Lipinski definition) is 1. The van der Waals surface area contributed by atoms with E-state index in [1.54, 1.807) is 11.6 Å². The Morgan fingerprint density at radius 1 is 1.22 bits per heavy atom. The van der Waals surface area contributed by atoms with Crippen LogP contribution in [-0.4, -0.2) is 28.8 Å². The maximum absolute atomic E-state index is 11.8. The highest BCUT2D eigenvalue weighted by Gasteiger charge is 2.35. The smallest absolute Gasteiger partial charge is 0.411 e. The lowest BCUT2D eigenvalue weighted by atomic mass is 9.83. The van der Waals surface area contributed by atoms with Crippen molar-refractivity contribution in [2.24, 2.45) is 0 Å². The fourth-order valence-corrected chi connectivity index (χ4v) is 3.44. The zero-order chi connectivity index (χ0) is 16.4. The minimum atomic E-state index is -0.722. The van der Waals surface area contributed by atoms with Crippen molar-refractivity contribution < 1.29 is 9.82 Å². The fourth-order valence-electron chi connectivity index (χ4n) is 3.25. The van der Waals surface area contributed by atoms with E-state index in [9.17, 15) is 9.82 Å². The zero-order valence-electron chi connectivity index (χ0n) is 13.1. The average molecular weight is 328 g/mol. The normalized spacial score (nSPS) is 17.6. The van der Waals surface area contributed by atoms with Gasteiger partial charge in [0.2, 0.25) is 5.91 Å². The molecule has 1 amide bonds. The highest BCUT2D eigenvalue weighted by molar-refractivity contribution is 6.49. The first kappa shape index (κ1) is 16.1. The molecule has 1 heterocycles. The maximum Gasteiger partial charge on any atom is 0.411 e. The number of benzene rings is 2. The van der Waals surface area contributed by atoms with Crippen LogP contribution in [0.5, 0.6) is 0 Å². The molecule has 1 aliphatic rings. The molecule has 0 radical (unpaired) electrons. The molecule has 0 unspecified atom stereocenters. The van der Waals surface area contributed by atoms with Gasteiger partial charge in [0.05, 0.1) is 0 Å². The van der Waals surface area contributed by atoms with Crippen molar-refractivity contribution in [3.05, 3.63) is 59.1 Å². The Balaban J connectivity index is 1.74. The summed E-state index contributed by atoms with van der Waals surface area (Å²) in [6.45, 7) is 1.65. The van der Waals surface area contributed by atoms with Crippen molar-refractivity contribution in [3.8, 4) is 11.1 Å². The lowest BCUT2D eigenvalue weighted by Crippen LogP contribution is -2.44. The topological polar surface area (TPSA) is 40.5 Å². The van der Waals surface area contributed by atoms with E-state index in [0.717, 1.165) is 29.0 Å². The molecule has 0 aliphatic carbocycles. The highest BCUT2D eigenvalue weighted by Crippen LogP contribution is 2.26. The van der Waals surface area contributed by atoms with Crippen molar-refractivity contribution in [1.29, 1.82) is 0 Å². The van der Waals surface area contributed by atoms with Gasteiger partial charge in [-0.05, 0) is 48.5 Å². The van der Waals surface area contributed by atoms with Crippen molar-refractivity contribution in [2.45, 2.75) is 32.1 Å². The van der Waals surface area contributed by atoms with Gasteiger partial charge in [-0.1, -0.05) is 48.0 Å². The molecule has 23 heavy (non-hydrogen) atoms. The molecule has 3 rings (SSSR count). The van der Waals surface area contributed by atoms with Crippen LogP contribution in [0.3, 0.4) is 0 Å². The molecule has 1 atom stereocenters. The molecule has 0 aromatic heterocycles. The lowest BCUT2D eigenvalue weighted by Gasteiger charge is -2.25. The van der Waals surface area contributed by atoms with Crippen molar-refractivity contribution in [3.63, 3.8) is 0 Å². The van der Waals surface area contributed by atoms with Gasteiger partial charge in [-0.3, -0.25) is 4.79 Å². The molecule has 118 valence electrons.